The van der Waals surface area contributed by atoms with Crippen molar-refractivity contribution in [3.8, 4) is 0 Å². The fourth-order valence-corrected chi connectivity index (χ4v) is 3.03. The third kappa shape index (κ3) is 3.48. The highest BCUT2D eigenvalue weighted by Crippen LogP contribution is 2.39. The van der Waals surface area contributed by atoms with Gasteiger partial charge in [-0.15, -0.1) is 6.58 Å². The monoisotopic (exact) mass is 331 g/mol. The zero-order valence-electron chi connectivity index (χ0n) is 13.6. The van der Waals surface area contributed by atoms with E-state index >= 15 is 0 Å². The second-order valence-corrected chi connectivity index (χ2v) is 5.75. The van der Waals surface area contributed by atoms with Crippen molar-refractivity contribution in [2.45, 2.75) is 25.5 Å². The molecule has 1 aliphatic heterocycles. The number of hydrogen-bond acceptors (Lipinski definition) is 5. The average molecular weight is 331 g/mol. The smallest absolute Gasteiger partial charge is 0.410 e. The number of carbonyl (C=O) groups is 3. The lowest BCUT2D eigenvalue weighted by Gasteiger charge is -2.30. The molecule has 1 aromatic carbocycles. The van der Waals surface area contributed by atoms with Gasteiger partial charge in [0.05, 0.1) is 12.5 Å². The molecule has 0 saturated carbocycles. The van der Waals surface area contributed by atoms with E-state index in [2.05, 4.69) is 6.58 Å². The van der Waals surface area contributed by atoms with Crippen LogP contribution in [0.2, 0.25) is 0 Å². The zero-order valence-corrected chi connectivity index (χ0v) is 13.6. The molecular formula is C18H21NO5. The van der Waals surface area contributed by atoms with Gasteiger partial charge in [-0.3, -0.25) is 4.90 Å². The summed E-state index contributed by atoms with van der Waals surface area (Å²) in [5, 5.41) is 0. The first-order chi connectivity index (χ1) is 11.6. The largest absolute Gasteiger partial charge is 0.467 e. The van der Waals surface area contributed by atoms with Crippen molar-refractivity contribution in [2.24, 2.45) is 5.41 Å². The maximum atomic E-state index is 12.4. The molecule has 0 spiro atoms. The number of ether oxygens (including phenoxy) is 2. The van der Waals surface area contributed by atoms with Gasteiger partial charge in [-0.05, 0) is 18.4 Å². The van der Waals surface area contributed by atoms with Crippen LogP contribution in [-0.2, 0) is 25.7 Å². The van der Waals surface area contributed by atoms with Crippen molar-refractivity contribution < 1.29 is 23.9 Å². The maximum absolute atomic E-state index is 12.4. The lowest BCUT2D eigenvalue weighted by molar-refractivity contribution is -0.150. The molecule has 1 aliphatic rings. The highest BCUT2D eigenvalue weighted by Gasteiger charge is 2.53. The van der Waals surface area contributed by atoms with E-state index in [-0.39, 0.29) is 13.2 Å². The third-order valence-corrected chi connectivity index (χ3v) is 4.30. The van der Waals surface area contributed by atoms with Crippen LogP contribution in [0, 0.1) is 5.41 Å². The maximum Gasteiger partial charge on any atom is 0.410 e. The Balaban J connectivity index is 2.15. The van der Waals surface area contributed by atoms with E-state index in [0.29, 0.717) is 12.8 Å². The summed E-state index contributed by atoms with van der Waals surface area (Å²) in [5.74, 6) is -0.627. The van der Waals surface area contributed by atoms with Crippen molar-refractivity contribution in [2.75, 3.05) is 13.7 Å². The van der Waals surface area contributed by atoms with Gasteiger partial charge in [0.15, 0.2) is 0 Å². The second kappa shape index (κ2) is 7.77. The van der Waals surface area contributed by atoms with Crippen molar-refractivity contribution in [3.63, 3.8) is 0 Å². The predicted molar refractivity (Wildman–Crippen MR) is 87.1 cm³/mol. The van der Waals surface area contributed by atoms with Crippen LogP contribution in [0.25, 0.3) is 0 Å². The van der Waals surface area contributed by atoms with Crippen LogP contribution in [0.1, 0.15) is 18.4 Å². The molecule has 128 valence electrons. The van der Waals surface area contributed by atoms with Crippen LogP contribution in [-0.4, -0.2) is 42.9 Å². The fraction of sp³-hybridized carbons (Fsp3) is 0.389. The van der Waals surface area contributed by atoms with Crippen LogP contribution < -0.4 is 0 Å². The van der Waals surface area contributed by atoms with Crippen molar-refractivity contribution in [1.82, 2.24) is 4.90 Å². The number of carbonyl (C=O) groups excluding carboxylic acids is 3. The highest BCUT2D eigenvalue weighted by molar-refractivity contribution is 5.87. The summed E-state index contributed by atoms with van der Waals surface area (Å²) in [5.41, 5.74) is -0.173. The number of aldehydes is 1. The molecule has 1 amide bonds. The van der Waals surface area contributed by atoms with Gasteiger partial charge in [0.25, 0.3) is 0 Å². The predicted octanol–water partition coefficient (Wildman–Crippen LogP) is 2.33. The summed E-state index contributed by atoms with van der Waals surface area (Å²) in [6.45, 7) is 3.98. The van der Waals surface area contributed by atoms with E-state index in [1.807, 2.05) is 30.3 Å². The number of nitrogens with zero attached hydrogens (tertiary/aromatic N) is 1. The van der Waals surface area contributed by atoms with Gasteiger partial charge in [-0.2, -0.15) is 0 Å². The van der Waals surface area contributed by atoms with Gasteiger partial charge in [0.1, 0.15) is 18.9 Å². The topological polar surface area (TPSA) is 72.9 Å². The van der Waals surface area contributed by atoms with Gasteiger partial charge in [0, 0.05) is 6.54 Å². The molecule has 0 aliphatic carbocycles. The van der Waals surface area contributed by atoms with Crippen molar-refractivity contribution in [1.29, 1.82) is 0 Å². The van der Waals surface area contributed by atoms with Gasteiger partial charge in [0.2, 0.25) is 0 Å². The first kappa shape index (κ1) is 17.7. The summed E-state index contributed by atoms with van der Waals surface area (Å²) in [6, 6.07) is 8.23. The fourth-order valence-electron chi connectivity index (χ4n) is 3.03. The Kier molecular flexibility index (Phi) is 5.73. The van der Waals surface area contributed by atoms with Crippen LogP contribution in [0.4, 0.5) is 4.79 Å². The minimum atomic E-state index is -1.01. The Bertz CT molecular complexity index is 615. The van der Waals surface area contributed by atoms with Crippen LogP contribution in [0.3, 0.4) is 0 Å². The molecule has 0 aromatic heterocycles. The third-order valence-electron chi connectivity index (χ3n) is 4.30. The van der Waals surface area contributed by atoms with E-state index in [1.165, 1.54) is 12.0 Å². The summed E-state index contributed by atoms with van der Waals surface area (Å²) < 4.78 is 10.1. The van der Waals surface area contributed by atoms with Gasteiger partial charge >= 0.3 is 12.1 Å². The van der Waals surface area contributed by atoms with E-state index < -0.39 is 23.5 Å². The minimum absolute atomic E-state index is 0.0968. The summed E-state index contributed by atoms with van der Waals surface area (Å²) >= 11 is 0. The molecule has 1 fully saturated rings. The van der Waals surface area contributed by atoms with E-state index in [1.54, 1.807) is 6.08 Å². The number of amides is 1. The molecule has 2 unspecified atom stereocenters. The Morgan fingerprint density at radius 2 is 2.08 bits per heavy atom. The normalized spacial score (nSPS) is 22.7. The van der Waals surface area contributed by atoms with E-state index in [0.717, 1.165) is 11.8 Å². The van der Waals surface area contributed by atoms with Crippen LogP contribution in [0.5, 0.6) is 0 Å². The highest BCUT2D eigenvalue weighted by atomic mass is 16.6. The van der Waals surface area contributed by atoms with Gasteiger partial charge < -0.3 is 14.3 Å². The second-order valence-electron chi connectivity index (χ2n) is 5.75. The SMILES string of the molecule is C=CCC1(C=O)CCN(C(=O)OCc2ccccc2)C1C(=O)OC. The Morgan fingerprint density at radius 3 is 2.67 bits per heavy atom. The number of allylic oxidation sites excluding steroid dienone is 1. The quantitative estimate of drug-likeness (QED) is 0.454. The molecule has 0 radical (unpaired) electrons. The summed E-state index contributed by atoms with van der Waals surface area (Å²) in [6.07, 6.45) is 2.31. The zero-order chi connectivity index (χ0) is 17.6. The molecule has 6 nitrogen and oxygen atoms in total. The minimum Gasteiger partial charge on any atom is -0.467 e. The van der Waals surface area contributed by atoms with E-state index in [9.17, 15) is 14.4 Å². The van der Waals surface area contributed by atoms with E-state index in [4.69, 9.17) is 9.47 Å². The average Bonchev–Trinajstić information content (AvgIpc) is 3.00. The Hall–Kier alpha value is -2.63. The molecule has 2 atom stereocenters. The molecule has 0 N–H and O–H groups in total. The number of benzene rings is 1. The van der Waals surface area contributed by atoms with Gasteiger partial charge in [-0.1, -0.05) is 36.4 Å². The molecule has 2 rings (SSSR count). The molecule has 1 saturated heterocycles. The molecule has 24 heavy (non-hydrogen) atoms. The Morgan fingerprint density at radius 1 is 1.38 bits per heavy atom. The molecule has 0 bridgehead atoms. The molecule has 1 aromatic rings. The van der Waals surface area contributed by atoms with Crippen molar-refractivity contribution in [3.05, 3.63) is 48.6 Å². The lowest BCUT2D eigenvalue weighted by atomic mass is 9.78. The van der Waals surface area contributed by atoms with Gasteiger partial charge in [-0.25, -0.2) is 9.59 Å². The Labute approximate surface area is 141 Å². The number of likely N-dealkylation sites (tertiary alicyclic amines) is 1. The summed E-state index contributed by atoms with van der Waals surface area (Å²) in [4.78, 5) is 37.5. The van der Waals surface area contributed by atoms with Crippen LogP contribution in [0.15, 0.2) is 43.0 Å². The van der Waals surface area contributed by atoms with Crippen LogP contribution >= 0.6 is 0 Å². The number of methoxy groups -OCH3 is 1. The first-order valence-corrected chi connectivity index (χ1v) is 7.70. The standard InChI is InChI=1S/C18H21NO5/c1-3-9-18(13-20)10-11-19(15(18)16(21)23-2)17(22)24-12-14-7-5-4-6-8-14/h3-8,13,15H,1,9-12H2,2H3. The lowest BCUT2D eigenvalue weighted by Crippen LogP contribution is -2.49. The molecule has 1 heterocycles. The molecular weight excluding hydrogens is 310 g/mol. The van der Waals surface area contributed by atoms with Crippen molar-refractivity contribution >= 4 is 18.3 Å². The number of hydrogen-bond donors (Lipinski definition) is 0. The first-order valence-electron chi connectivity index (χ1n) is 7.70. The molecule has 6 heteroatoms. The summed E-state index contributed by atoms with van der Waals surface area (Å²) in [7, 11) is 1.23. The number of esters is 1. The number of rotatable bonds is 6.